The topological polar surface area (TPSA) is 30.5 Å². The van der Waals surface area contributed by atoms with Gasteiger partial charge in [0.15, 0.2) is 11.5 Å². The van der Waals surface area contributed by atoms with Crippen LogP contribution in [0.2, 0.25) is 5.02 Å². The van der Waals surface area contributed by atoms with E-state index in [0.29, 0.717) is 30.0 Å². The highest BCUT2D eigenvalue weighted by Gasteiger charge is 2.16. The number of hydrogen-bond donors (Lipinski definition) is 1. The molecule has 1 fully saturated rings. The monoisotopic (exact) mass is 409 g/mol. The zero-order valence-electron chi connectivity index (χ0n) is 16.1. The van der Waals surface area contributed by atoms with Gasteiger partial charge in [-0.3, -0.25) is 0 Å². The zero-order valence-corrected chi connectivity index (χ0v) is 17.7. The molecule has 1 N–H and O–H groups in total. The third-order valence-corrected chi connectivity index (χ3v) is 5.10. The lowest BCUT2D eigenvalue weighted by molar-refractivity contribution is 0.269. The number of aryl methyl sites for hydroxylation is 1. The van der Waals surface area contributed by atoms with E-state index in [9.17, 15) is 0 Å². The van der Waals surface area contributed by atoms with E-state index in [2.05, 4.69) is 36.5 Å². The molecule has 0 amide bonds. The SMILES string of the molecule is CCOc1cc(CNC2CCCC2)cc(Cl)c1OCc1ccc(C)cc1.Cl. The van der Waals surface area contributed by atoms with Crippen LogP contribution in [0.1, 0.15) is 49.3 Å². The first-order valence-electron chi connectivity index (χ1n) is 9.52. The van der Waals surface area contributed by atoms with Crippen LogP contribution in [0.3, 0.4) is 0 Å². The Balaban J connectivity index is 0.00000261. The van der Waals surface area contributed by atoms with Crippen LogP contribution in [0.5, 0.6) is 11.5 Å². The lowest BCUT2D eigenvalue weighted by Gasteiger charge is -2.17. The van der Waals surface area contributed by atoms with E-state index >= 15 is 0 Å². The van der Waals surface area contributed by atoms with Crippen molar-refractivity contribution in [1.82, 2.24) is 5.32 Å². The van der Waals surface area contributed by atoms with Gasteiger partial charge in [0.25, 0.3) is 0 Å². The summed E-state index contributed by atoms with van der Waals surface area (Å²) < 4.78 is 11.8. The van der Waals surface area contributed by atoms with Gasteiger partial charge < -0.3 is 14.8 Å². The summed E-state index contributed by atoms with van der Waals surface area (Å²) in [6.45, 7) is 5.91. The van der Waals surface area contributed by atoms with Crippen molar-refractivity contribution < 1.29 is 9.47 Å². The van der Waals surface area contributed by atoms with Crippen LogP contribution in [0.15, 0.2) is 36.4 Å². The maximum absolute atomic E-state index is 6.52. The minimum atomic E-state index is 0. The Labute approximate surface area is 173 Å². The molecule has 0 spiro atoms. The second kappa shape index (κ2) is 10.8. The Morgan fingerprint density at radius 3 is 2.41 bits per heavy atom. The first-order chi connectivity index (χ1) is 12.7. The van der Waals surface area contributed by atoms with Gasteiger partial charge in [-0.2, -0.15) is 0 Å². The number of hydrogen-bond acceptors (Lipinski definition) is 3. The van der Waals surface area contributed by atoms with E-state index in [4.69, 9.17) is 21.1 Å². The smallest absolute Gasteiger partial charge is 0.180 e. The zero-order chi connectivity index (χ0) is 18.4. The van der Waals surface area contributed by atoms with E-state index < -0.39 is 0 Å². The lowest BCUT2D eigenvalue weighted by atomic mass is 10.1. The molecule has 0 aliphatic heterocycles. The standard InChI is InChI=1S/C22H28ClNO2.ClH/c1-3-25-21-13-18(14-24-19-6-4-5-7-19)12-20(23)22(21)26-15-17-10-8-16(2)9-11-17;/h8-13,19,24H,3-7,14-15H2,1-2H3;1H. The highest BCUT2D eigenvalue weighted by Crippen LogP contribution is 2.37. The van der Waals surface area contributed by atoms with Gasteiger partial charge in [0.2, 0.25) is 0 Å². The highest BCUT2D eigenvalue weighted by atomic mass is 35.5. The van der Waals surface area contributed by atoms with Gasteiger partial charge in [-0.05, 0) is 49.9 Å². The number of nitrogens with one attached hydrogen (secondary N) is 1. The van der Waals surface area contributed by atoms with Crippen molar-refractivity contribution in [2.75, 3.05) is 6.61 Å². The fourth-order valence-corrected chi connectivity index (χ4v) is 3.65. The molecule has 0 atom stereocenters. The van der Waals surface area contributed by atoms with Gasteiger partial charge in [0.1, 0.15) is 6.61 Å². The minimum Gasteiger partial charge on any atom is -0.490 e. The number of ether oxygens (including phenoxy) is 2. The van der Waals surface area contributed by atoms with E-state index in [1.54, 1.807) is 0 Å². The van der Waals surface area contributed by atoms with Gasteiger partial charge in [0, 0.05) is 12.6 Å². The summed E-state index contributed by atoms with van der Waals surface area (Å²) in [5.41, 5.74) is 3.48. The molecule has 0 heterocycles. The molecule has 1 aliphatic carbocycles. The van der Waals surface area contributed by atoms with Gasteiger partial charge in [-0.15, -0.1) is 12.4 Å². The van der Waals surface area contributed by atoms with E-state index in [1.807, 2.05) is 19.1 Å². The summed E-state index contributed by atoms with van der Waals surface area (Å²) in [4.78, 5) is 0. The van der Waals surface area contributed by atoms with E-state index in [1.165, 1.54) is 31.2 Å². The number of halogens is 2. The van der Waals surface area contributed by atoms with Crippen molar-refractivity contribution in [1.29, 1.82) is 0 Å². The third kappa shape index (κ3) is 6.31. The first-order valence-corrected chi connectivity index (χ1v) is 9.90. The normalized spacial score (nSPS) is 14.0. The Kier molecular flexibility index (Phi) is 8.75. The Bertz CT molecular complexity index is 713. The summed E-state index contributed by atoms with van der Waals surface area (Å²) >= 11 is 6.52. The molecule has 0 bridgehead atoms. The predicted molar refractivity (Wildman–Crippen MR) is 114 cm³/mol. The average Bonchev–Trinajstić information content (AvgIpc) is 3.14. The van der Waals surface area contributed by atoms with Crippen LogP contribution in [0.4, 0.5) is 0 Å². The Hall–Kier alpha value is -1.42. The van der Waals surface area contributed by atoms with Crippen molar-refractivity contribution in [3.8, 4) is 11.5 Å². The molecule has 148 valence electrons. The molecule has 0 unspecified atom stereocenters. The predicted octanol–water partition coefficient (Wildman–Crippen LogP) is 6.08. The van der Waals surface area contributed by atoms with Crippen LogP contribution in [-0.2, 0) is 13.2 Å². The second-order valence-corrected chi connectivity index (χ2v) is 7.38. The lowest BCUT2D eigenvalue weighted by Crippen LogP contribution is -2.25. The van der Waals surface area contributed by atoms with Gasteiger partial charge in [-0.25, -0.2) is 0 Å². The molecule has 2 aromatic carbocycles. The van der Waals surface area contributed by atoms with Crippen LogP contribution in [-0.4, -0.2) is 12.6 Å². The molecule has 0 saturated heterocycles. The fraction of sp³-hybridized carbons (Fsp3) is 0.455. The Morgan fingerprint density at radius 2 is 1.74 bits per heavy atom. The molecule has 1 aliphatic rings. The average molecular weight is 410 g/mol. The van der Waals surface area contributed by atoms with Crippen molar-refractivity contribution in [2.45, 2.75) is 58.7 Å². The number of benzene rings is 2. The number of rotatable bonds is 8. The van der Waals surface area contributed by atoms with Crippen molar-refractivity contribution >= 4 is 24.0 Å². The summed E-state index contributed by atoms with van der Waals surface area (Å²) in [7, 11) is 0. The summed E-state index contributed by atoms with van der Waals surface area (Å²) in [5, 5.41) is 4.23. The molecule has 3 rings (SSSR count). The van der Waals surface area contributed by atoms with Crippen molar-refractivity contribution in [3.63, 3.8) is 0 Å². The molecule has 2 aromatic rings. The molecular weight excluding hydrogens is 381 g/mol. The molecule has 1 saturated carbocycles. The third-order valence-electron chi connectivity index (χ3n) is 4.82. The Morgan fingerprint density at radius 1 is 1.04 bits per heavy atom. The van der Waals surface area contributed by atoms with E-state index in [-0.39, 0.29) is 12.4 Å². The maximum atomic E-state index is 6.52. The minimum absolute atomic E-state index is 0. The van der Waals surface area contributed by atoms with E-state index in [0.717, 1.165) is 23.4 Å². The van der Waals surface area contributed by atoms with Gasteiger partial charge in [-0.1, -0.05) is 54.3 Å². The quantitative estimate of drug-likeness (QED) is 0.572. The van der Waals surface area contributed by atoms with Crippen LogP contribution >= 0.6 is 24.0 Å². The summed E-state index contributed by atoms with van der Waals surface area (Å²) in [6.07, 6.45) is 5.19. The van der Waals surface area contributed by atoms with Gasteiger partial charge in [0.05, 0.1) is 11.6 Å². The molecule has 27 heavy (non-hydrogen) atoms. The first kappa shape index (κ1) is 21.9. The largest absolute Gasteiger partial charge is 0.490 e. The van der Waals surface area contributed by atoms with Crippen molar-refractivity contribution in [3.05, 3.63) is 58.1 Å². The van der Waals surface area contributed by atoms with Crippen molar-refractivity contribution in [2.24, 2.45) is 0 Å². The second-order valence-electron chi connectivity index (χ2n) is 6.97. The van der Waals surface area contributed by atoms with Crippen LogP contribution < -0.4 is 14.8 Å². The maximum Gasteiger partial charge on any atom is 0.180 e. The summed E-state index contributed by atoms with van der Waals surface area (Å²) in [5.74, 6) is 1.34. The molecule has 3 nitrogen and oxygen atoms in total. The fourth-order valence-electron chi connectivity index (χ4n) is 3.36. The van der Waals surface area contributed by atoms with Crippen LogP contribution in [0.25, 0.3) is 0 Å². The molecule has 5 heteroatoms. The molecule has 0 radical (unpaired) electrons. The van der Waals surface area contributed by atoms with Crippen LogP contribution in [0, 0.1) is 6.92 Å². The molecular formula is C22H29Cl2NO2. The highest BCUT2D eigenvalue weighted by molar-refractivity contribution is 6.32. The molecule has 0 aromatic heterocycles. The van der Waals surface area contributed by atoms with Gasteiger partial charge >= 0.3 is 0 Å². The summed E-state index contributed by atoms with van der Waals surface area (Å²) in [6, 6.07) is 13.0.